The predicted molar refractivity (Wildman–Crippen MR) is 142 cm³/mol. The van der Waals surface area contributed by atoms with Gasteiger partial charge in [0.05, 0.1) is 22.2 Å². The van der Waals surface area contributed by atoms with Gasteiger partial charge in [0.25, 0.3) is 5.91 Å². The highest BCUT2D eigenvalue weighted by molar-refractivity contribution is 7.80. The molecule has 1 N–H and O–H groups in total. The monoisotopic (exact) mass is 511 g/mol. The number of hydrogen-bond acceptors (Lipinski definition) is 3. The molecule has 1 saturated heterocycles. The summed E-state index contributed by atoms with van der Waals surface area (Å²) in [6.45, 7) is 2.42. The first-order valence-electron chi connectivity index (χ1n) is 10.8. The summed E-state index contributed by atoms with van der Waals surface area (Å²) in [5.74, 6) is -0.541. The van der Waals surface area contributed by atoms with Crippen LogP contribution < -0.4 is 10.2 Å². The van der Waals surface area contributed by atoms with E-state index in [1.807, 2.05) is 49.4 Å². The maximum atomic E-state index is 13.4. The van der Waals surface area contributed by atoms with Gasteiger partial charge in [0.15, 0.2) is 5.11 Å². The number of amides is 2. The van der Waals surface area contributed by atoms with E-state index in [1.54, 1.807) is 35.2 Å². The first-order valence-corrected chi connectivity index (χ1v) is 12.0. The van der Waals surface area contributed by atoms with E-state index >= 15 is 0 Å². The SMILES string of the molecule is Cc1ccc(N2C(=O)C[C@@H](N(CCc3ccccc3)C(=S)Nc3ccc(Cl)c(Cl)c3)C2=O)cc1. The molecule has 1 heterocycles. The van der Waals surface area contributed by atoms with Crippen molar-refractivity contribution in [3.63, 3.8) is 0 Å². The summed E-state index contributed by atoms with van der Waals surface area (Å²) < 4.78 is 0. The average molecular weight is 512 g/mol. The van der Waals surface area contributed by atoms with Crippen LogP contribution in [-0.4, -0.2) is 34.4 Å². The van der Waals surface area contributed by atoms with E-state index in [2.05, 4.69) is 5.32 Å². The van der Waals surface area contributed by atoms with Gasteiger partial charge in [0.2, 0.25) is 5.91 Å². The Morgan fingerprint density at radius 1 is 1.03 bits per heavy atom. The molecule has 4 rings (SSSR count). The van der Waals surface area contributed by atoms with Gasteiger partial charge >= 0.3 is 0 Å². The third-order valence-electron chi connectivity index (χ3n) is 5.71. The van der Waals surface area contributed by atoms with Gasteiger partial charge in [-0.25, -0.2) is 4.90 Å². The molecule has 1 atom stereocenters. The minimum absolute atomic E-state index is 0.0463. The lowest BCUT2D eigenvalue weighted by molar-refractivity contribution is -0.122. The number of aryl methyl sites for hydroxylation is 1. The van der Waals surface area contributed by atoms with Gasteiger partial charge in [-0.05, 0) is 61.5 Å². The van der Waals surface area contributed by atoms with E-state index in [0.717, 1.165) is 11.1 Å². The number of anilines is 2. The number of rotatable bonds is 6. The fourth-order valence-corrected chi connectivity index (χ4v) is 4.52. The highest BCUT2D eigenvalue weighted by Gasteiger charge is 2.43. The summed E-state index contributed by atoms with van der Waals surface area (Å²) in [6, 6.07) is 21.7. The zero-order chi connectivity index (χ0) is 24.2. The molecule has 34 heavy (non-hydrogen) atoms. The summed E-state index contributed by atoms with van der Waals surface area (Å²) >= 11 is 17.9. The van der Waals surface area contributed by atoms with Crippen LogP contribution in [-0.2, 0) is 16.0 Å². The number of hydrogen-bond donors (Lipinski definition) is 1. The molecule has 1 aliphatic rings. The Kier molecular flexibility index (Phi) is 7.51. The number of benzene rings is 3. The predicted octanol–water partition coefficient (Wildman–Crippen LogP) is 5.88. The topological polar surface area (TPSA) is 52.7 Å². The number of carbonyl (C=O) groups excluding carboxylic acids is 2. The second kappa shape index (κ2) is 10.6. The molecule has 2 amide bonds. The molecule has 8 heteroatoms. The zero-order valence-electron chi connectivity index (χ0n) is 18.5. The molecule has 0 radical (unpaired) electrons. The van der Waals surface area contributed by atoms with Crippen LogP contribution in [0.3, 0.4) is 0 Å². The summed E-state index contributed by atoms with van der Waals surface area (Å²) in [5.41, 5.74) is 3.37. The molecular formula is C26H23Cl2N3O2S. The Labute approximate surface area is 214 Å². The highest BCUT2D eigenvalue weighted by atomic mass is 35.5. The number of nitrogens with one attached hydrogen (secondary N) is 1. The molecule has 0 unspecified atom stereocenters. The number of carbonyl (C=O) groups is 2. The molecular weight excluding hydrogens is 489 g/mol. The van der Waals surface area contributed by atoms with Gasteiger partial charge in [-0.2, -0.15) is 0 Å². The average Bonchev–Trinajstić information content (AvgIpc) is 3.11. The Bertz CT molecular complexity index is 1220. The lowest BCUT2D eigenvalue weighted by Gasteiger charge is -2.30. The molecule has 0 bridgehead atoms. The van der Waals surface area contributed by atoms with Crippen molar-refractivity contribution < 1.29 is 9.59 Å². The number of nitrogens with zero attached hydrogens (tertiary/aromatic N) is 2. The first-order chi connectivity index (χ1) is 16.3. The van der Waals surface area contributed by atoms with Crippen LogP contribution in [0.15, 0.2) is 72.8 Å². The van der Waals surface area contributed by atoms with Crippen LogP contribution >= 0.6 is 35.4 Å². The van der Waals surface area contributed by atoms with Crippen molar-refractivity contribution in [1.82, 2.24) is 4.90 Å². The van der Waals surface area contributed by atoms with Crippen LogP contribution in [0.1, 0.15) is 17.5 Å². The standard InChI is InChI=1S/C26H23Cl2N3O2S/c1-17-7-10-20(11-8-17)31-24(32)16-23(25(31)33)30(14-13-18-5-3-2-4-6-18)26(34)29-19-9-12-21(27)22(28)15-19/h2-12,15,23H,13-14,16H2,1H3,(H,29,34)/t23-/m1/s1. The van der Waals surface area contributed by atoms with E-state index in [1.165, 1.54) is 4.90 Å². The Morgan fingerprint density at radius 3 is 2.41 bits per heavy atom. The molecule has 174 valence electrons. The largest absolute Gasteiger partial charge is 0.336 e. The van der Waals surface area contributed by atoms with Gasteiger partial charge in [-0.3, -0.25) is 9.59 Å². The minimum Gasteiger partial charge on any atom is -0.336 e. The molecule has 0 saturated carbocycles. The van der Waals surface area contributed by atoms with E-state index in [9.17, 15) is 9.59 Å². The van der Waals surface area contributed by atoms with Crippen LogP contribution in [0, 0.1) is 6.92 Å². The van der Waals surface area contributed by atoms with E-state index in [0.29, 0.717) is 39.5 Å². The molecule has 1 fully saturated rings. The van der Waals surface area contributed by atoms with E-state index in [-0.39, 0.29) is 18.2 Å². The highest BCUT2D eigenvalue weighted by Crippen LogP contribution is 2.28. The second-order valence-electron chi connectivity index (χ2n) is 8.11. The third-order valence-corrected chi connectivity index (χ3v) is 6.78. The number of halogens is 2. The molecule has 1 aliphatic heterocycles. The lowest BCUT2D eigenvalue weighted by Crippen LogP contribution is -2.48. The van der Waals surface area contributed by atoms with Crippen molar-refractivity contribution in [2.45, 2.75) is 25.8 Å². The van der Waals surface area contributed by atoms with Gasteiger partial charge in [-0.1, -0.05) is 71.2 Å². The molecule has 0 aliphatic carbocycles. The van der Waals surface area contributed by atoms with Crippen molar-refractivity contribution in [1.29, 1.82) is 0 Å². The maximum Gasteiger partial charge on any atom is 0.257 e. The first kappa shape index (κ1) is 24.2. The van der Waals surface area contributed by atoms with E-state index in [4.69, 9.17) is 35.4 Å². The fourth-order valence-electron chi connectivity index (χ4n) is 3.89. The summed E-state index contributed by atoms with van der Waals surface area (Å²) in [7, 11) is 0. The van der Waals surface area contributed by atoms with Crippen LogP contribution in [0.4, 0.5) is 11.4 Å². The van der Waals surface area contributed by atoms with Gasteiger partial charge in [-0.15, -0.1) is 0 Å². The smallest absolute Gasteiger partial charge is 0.257 e. The Balaban J connectivity index is 1.59. The number of imide groups is 1. The minimum atomic E-state index is -0.708. The van der Waals surface area contributed by atoms with Gasteiger partial charge in [0, 0.05) is 12.2 Å². The van der Waals surface area contributed by atoms with Crippen LogP contribution in [0.2, 0.25) is 10.0 Å². The summed E-state index contributed by atoms with van der Waals surface area (Å²) in [6.07, 6.45) is 0.706. The molecule has 3 aromatic rings. The fraction of sp³-hybridized carbons (Fsp3) is 0.192. The summed E-state index contributed by atoms with van der Waals surface area (Å²) in [4.78, 5) is 29.4. The van der Waals surface area contributed by atoms with E-state index < -0.39 is 6.04 Å². The second-order valence-corrected chi connectivity index (χ2v) is 9.31. The quantitative estimate of drug-likeness (QED) is 0.331. The normalized spacial score (nSPS) is 15.5. The van der Waals surface area contributed by atoms with Crippen molar-refractivity contribution in [3.8, 4) is 0 Å². The zero-order valence-corrected chi connectivity index (χ0v) is 20.8. The van der Waals surface area contributed by atoms with Crippen molar-refractivity contribution >= 4 is 63.7 Å². The Hall–Kier alpha value is -2.93. The van der Waals surface area contributed by atoms with Crippen LogP contribution in [0.25, 0.3) is 0 Å². The molecule has 0 spiro atoms. The molecule has 5 nitrogen and oxygen atoms in total. The third kappa shape index (κ3) is 5.41. The lowest BCUT2D eigenvalue weighted by atomic mass is 10.1. The molecule has 3 aromatic carbocycles. The maximum absolute atomic E-state index is 13.4. The molecule has 0 aromatic heterocycles. The van der Waals surface area contributed by atoms with Crippen molar-refractivity contribution in [2.75, 3.05) is 16.8 Å². The van der Waals surface area contributed by atoms with Gasteiger partial charge in [0.1, 0.15) is 6.04 Å². The van der Waals surface area contributed by atoms with Gasteiger partial charge < -0.3 is 10.2 Å². The van der Waals surface area contributed by atoms with Crippen LogP contribution in [0.5, 0.6) is 0 Å². The van der Waals surface area contributed by atoms with Crippen molar-refractivity contribution in [3.05, 3.63) is 94.0 Å². The summed E-state index contributed by atoms with van der Waals surface area (Å²) in [5, 5.41) is 4.32. The van der Waals surface area contributed by atoms with Crippen molar-refractivity contribution in [2.24, 2.45) is 0 Å². The number of thiocarbonyl (C=S) groups is 1. The Morgan fingerprint density at radius 2 is 1.74 bits per heavy atom.